The Bertz CT molecular complexity index is 3530. The number of benzene rings is 8. The molecule has 0 amide bonds. The van der Waals surface area contributed by atoms with E-state index < -0.39 is 0 Å². The highest BCUT2D eigenvalue weighted by Gasteiger charge is 2.19. The number of aromatic nitrogens is 4. The van der Waals surface area contributed by atoms with Crippen molar-refractivity contribution in [3.8, 4) is 51.0 Å². The first kappa shape index (κ1) is 31.9. The van der Waals surface area contributed by atoms with Crippen molar-refractivity contribution in [1.29, 1.82) is 0 Å². The predicted molar refractivity (Wildman–Crippen MR) is 236 cm³/mol. The molecule has 0 unspecified atom stereocenters. The average molecular weight is 747 g/mol. The van der Waals surface area contributed by atoms with Crippen LogP contribution >= 0.6 is 11.3 Å². The third-order valence-electron chi connectivity index (χ3n) is 11.0. The van der Waals surface area contributed by atoms with Gasteiger partial charge in [0.15, 0.2) is 17.5 Å². The minimum absolute atomic E-state index is 0.604. The zero-order valence-corrected chi connectivity index (χ0v) is 31.2. The van der Waals surface area contributed by atoms with Crippen LogP contribution in [0.2, 0.25) is 0 Å². The lowest BCUT2D eigenvalue weighted by atomic mass is 10.0. The van der Waals surface area contributed by atoms with Gasteiger partial charge in [-0.25, -0.2) is 15.0 Å². The van der Waals surface area contributed by atoms with Crippen molar-refractivity contribution in [2.24, 2.45) is 0 Å². The number of thiophene rings is 1. The van der Waals surface area contributed by atoms with Gasteiger partial charge in [-0.1, -0.05) is 115 Å². The summed E-state index contributed by atoms with van der Waals surface area (Å²) in [5, 5.41) is 6.90. The summed E-state index contributed by atoms with van der Waals surface area (Å²) in [6, 6.07) is 63.8. The Kier molecular flexibility index (Phi) is 7.03. The van der Waals surface area contributed by atoms with E-state index in [4.69, 9.17) is 19.4 Å². The Hall–Kier alpha value is -7.41. The van der Waals surface area contributed by atoms with E-state index in [9.17, 15) is 0 Å². The molecule has 0 bridgehead atoms. The summed E-state index contributed by atoms with van der Waals surface area (Å²) in [7, 11) is 0. The minimum atomic E-state index is 0.604. The monoisotopic (exact) mass is 746 g/mol. The molecule has 0 N–H and O–H groups in total. The second kappa shape index (κ2) is 12.6. The van der Waals surface area contributed by atoms with E-state index in [1.165, 1.54) is 25.6 Å². The van der Waals surface area contributed by atoms with Crippen LogP contribution in [0.25, 0.3) is 115 Å². The van der Waals surface area contributed by atoms with Crippen molar-refractivity contribution in [3.05, 3.63) is 182 Å². The number of hydrogen-bond acceptors (Lipinski definition) is 5. The van der Waals surface area contributed by atoms with Gasteiger partial charge in [-0.05, 0) is 77.9 Å². The first-order chi connectivity index (χ1) is 28.2. The normalized spacial score (nSPS) is 11.9. The molecule has 0 aliphatic rings. The molecule has 0 spiro atoms. The fraction of sp³-hybridized carbons (Fsp3) is 0. The molecule has 8 aromatic carbocycles. The molecule has 12 aromatic rings. The highest BCUT2D eigenvalue weighted by molar-refractivity contribution is 7.25. The van der Waals surface area contributed by atoms with Crippen LogP contribution in [0.15, 0.2) is 186 Å². The van der Waals surface area contributed by atoms with Gasteiger partial charge in [-0.2, -0.15) is 0 Å². The van der Waals surface area contributed by atoms with Crippen LogP contribution < -0.4 is 0 Å². The summed E-state index contributed by atoms with van der Waals surface area (Å²) in [4.78, 5) is 15.5. The van der Waals surface area contributed by atoms with Gasteiger partial charge in [0.25, 0.3) is 0 Å². The predicted octanol–water partition coefficient (Wildman–Crippen LogP) is 13.9. The summed E-state index contributed by atoms with van der Waals surface area (Å²) in [5.74, 6) is 1.86. The Balaban J connectivity index is 1.06. The molecule has 0 saturated heterocycles. The Morgan fingerprint density at radius 3 is 1.79 bits per heavy atom. The van der Waals surface area contributed by atoms with Crippen LogP contribution in [0, 0.1) is 0 Å². The van der Waals surface area contributed by atoms with E-state index in [-0.39, 0.29) is 0 Å². The van der Waals surface area contributed by atoms with Crippen molar-refractivity contribution in [2.45, 2.75) is 0 Å². The van der Waals surface area contributed by atoms with Crippen molar-refractivity contribution >= 4 is 75.3 Å². The van der Waals surface area contributed by atoms with Crippen LogP contribution in [-0.2, 0) is 0 Å². The summed E-state index contributed by atoms with van der Waals surface area (Å²) >= 11 is 1.79. The van der Waals surface area contributed by atoms with E-state index in [1.807, 2.05) is 12.1 Å². The third-order valence-corrected chi connectivity index (χ3v) is 12.2. The summed E-state index contributed by atoms with van der Waals surface area (Å²) in [6.45, 7) is 0. The fourth-order valence-electron chi connectivity index (χ4n) is 8.33. The SMILES string of the molecule is c1ccc(-c2cccc(-c3nc(-c4ccc5c(c4)sc4ccccc45)nc(-c4ccc5oc6cc7c8ccccc8n(-c8ccccc8)c7cc6c5c4)n3)c2)cc1. The molecule has 12 rings (SSSR count). The maximum absolute atomic E-state index is 6.56. The molecule has 0 radical (unpaired) electrons. The van der Waals surface area contributed by atoms with E-state index >= 15 is 0 Å². The quantitative estimate of drug-likeness (QED) is 0.176. The lowest BCUT2D eigenvalue weighted by molar-refractivity contribution is 0.669. The van der Waals surface area contributed by atoms with Crippen molar-refractivity contribution < 1.29 is 4.42 Å². The molecule has 266 valence electrons. The van der Waals surface area contributed by atoms with E-state index in [0.29, 0.717) is 17.5 Å². The van der Waals surface area contributed by atoms with Gasteiger partial charge in [0.1, 0.15) is 11.2 Å². The molecule has 4 heterocycles. The topological polar surface area (TPSA) is 56.7 Å². The number of nitrogens with zero attached hydrogens (tertiary/aromatic N) is 4. The average Bonchev–Trinajstić information content (AvgIpc) is 3.94. The van der Waals surface area contributed by atoms with Gasteiger partial charge >= 0.3 is 0 Å². The number of fused-ring (bicyclic) bond motifs is 9. The van der Waals surface area contributed by atoms with Gasteiger partial charge in [-0.15, -0.1) is 11.3 Å². The summed E-state index contributed by atoms with van der Waals surface area (Å²) in [6.07, 6.45) is 0. The fourth-order valence-corrected chi connectivity index (χ4v) is 9.47. The van der Waals surface area contributed by atoms with Crippen LogP contribution in [0.4, 0.5) is 0 Å². The molecule has 4 aromatic heterocycles. The van der Waals surface area contributed by atoms with E-state index in [0.717, 1.165) is 71.9 Å². The van der Waals surface area contributed by atoms with Gasteiger partial charge in [0.05, 0.1) is 11.0 Å². The zero-order chi connectivity index (χ0) is 37.5. The zero-order valence-electron chi connectivity index (χ0n) is 30.4. The molecule has 0 aliphatic carbocycles. The second-order valence-electron chi connectivity index (χ2n) is 14.4. The number of hydrogen-bond donors (Lipinski definition) is 0. The number of rotatable bonds is 5. The smallest absolute Gasteiger partial charge is 0.164 e. The van der Waals surface area contributed by atoms with E-state index in [1.54, 1.807) is 11.3 Å². The second-order valence-corrected chi connectivity index (χ2v) is 15.5. The highest BCUT2D eigenvalue weighted by atomic mass is 32.1. The molecule has 0 aliphatic heterocycles. The number of furan rings is 1. The minimum Gasteiger partial charge on any atom is -0.456 e. The van der Waals surface area contributed by atoms with Gasteiger partial charge < -0.3 is 8.98 Å². The van der Waals surface area contributed by atoms with Crippen LogP contribution in [0.1, 0.15) is 0 Å². The lowest BCUT2D eigenvalue weighted by Gasteiger charge is -2.10. The molecule has 6 heteroatoms. The van der Waals surface area contributed by atoms with Crippen molar-refractivity contribution in [3.63, 3.8) is 0 Å². The van der Waals surface area contributed by atoms with Gasteiger partial charge in [-0.3, -0.25) is 0 Å². The first-order valence-electron chi connectivity index (χ1n) is 19.0. The number of para-hydroxylation sites is 2. The molecule has 0 fully saturated rings. The first-order valence-corrected chi connectivity index (χ1v) is 19.8. The summed E-state index contributed by atoms with van der Waals surface area (Å²) < 4.78 is 11.4. The Morgan fingerprint density at radius 2 is 0.965 bits per heavy atom. The van der Waals surface area contributed by atoms with Crippen LogP contribution in [-0.4, -0.2) is 19.5 Å². The molecule has 0 atom stereocenters. The Labute approximate surface area is 330 Å². The van der Waals surface area contributed by atoms with Crippen molar-refractivity contribution in [2.75, 3.05) is 0 Å². The van der Waals surface area contributed by atoms with Gasteiger partial charge in [0, 0.05) is 64.1 Å². The summed E-state index contributed by atoms with van der Waals surface area (Å²) in [5.41, 5.74) is 10.1. The molecular weight excluding hydrogens is 717 g/mol. The molecular formula is C51H30N4OS. The molecule has 0 saturated carbocycles. The van der Waals surface area contributed by atoms with Crippen molar-refractivity contribution in [1.82, 2.24) is 19.5 Å². The maximum atomic E-state index is 6.56. The van der Waals surface area contributed by atoms with Gasteiger partial charge in [0.2, 0.25) is 0 Å². The maximum Gasteiger partial charge on any atom is 0.164 e. The molecule has 57 heavy (non-hydrogen) atoms. The lowest BCUT2D eigenvalue weighted by Crippen LogP contribution is -2.00. The third kappa shape index (κ3) is 5.19. The Morgan fingerprint density at radius 1 is 0.351 bits per heavy atom. The standard InChI is InChI=1S/C51H30N4OS/c1-3-12-31(13-4-1)32-14-11-15-33(26-32)49-52-50(54-51(53-49)35-22-24-39-38-19-8-10-21-47(38)57-48(39)28-35)34-23-25-45-41(27-34)42-29-44-40(30-46(42)56-45)37-18-7-9-20-43(37)55(44)36-16-5-2-6-17-36/h1-30H. The largest absolute Gasteiger partial charge is 0.456 e. The highest BCUT2D eigenvalue weighted by Crippen LogP contribution is 2.40. The molecule has 5 nitrogen and oxygen atoms in total. The van der Waals surface area contributed by atoms with E-state index in [2.05, 4.69) is 174 Å². The van der Waals surface area contributed by atoms with Crippen LogP contribution in [0.3, 0.4) is 0 Å². The van der Waals surface area contributed by atoms with Crippen LogP contribution in [0.5, 0.6) is 0 Å².